The molecule has 1 aromatic rings. The molecule has 20 heavy (non-hydrogen) atoms. The van der Waals surface area contributed by atoms with E-state index in [2.05, 4.69) is 0 Å². The highest BCUT2D eigenvalue weighted by Crippen LogP contribution is 2.27. The van der Waals surface area contributed by atoms with E-state index in [9.17, 15) is 16.8 Å². The Morgan fingerprint density at radius 2 is 2.15 bits per heavy atom. The number of aryl methyl sites for hydroxylation is 1. The van der Waals surface area contributed by atoms with Gasteiger partial charge in [-0.05, 0) is 13.8 Å². The second-order valence-electron chi connectivity index (χ2n) is 4.92. The number of nitrogens with zero attached hydrogens (tertiary/aromatic N) is 1. The number of nitrogens with two attached hydrogens (primary N) is 1. The van der Waals surface area contributed by atoms with Gasteiger partial charge in [-0.1, -0.05) is 0 Å². The zero-order chi connectivity index (χ0) is 15.1. The van der Waals surface area contributed by atoms with Crippen molar-refractivity contribution in [1.29, 1.82) is 0 Å². The van der Waals surface area contributed by atoms with Gasteiger partial charge in [0, 0.05) is 18.7 Å². The lowest BCUT2D eigenvalue weighted by molar-refractivity contribution is 0.356. The third-order valence-corrected chi connectivity index (χ3v) is 7.24. The predicted octanol–water partition coefficient (Wildman–Crippen LogP) is -0.146. The van der Waals surface area contributed by atoms with Gasteiger partial charge in [0.05, 0.1) is 18.1 Å². The molecule has 114 valence electrons. The summed E-state index contributed by atoms with van der Waals surface area (Å²) in [7, 11) is -6.93. The van der Waals surface area contributed by atoms with Crippen LogP contribution in [0.15, 0.2) is 15.4 Å². The highest BCUT2D eigenvalue weighted by molar-refractivity contribution is 7.92. The summed E-state index contributed by atoms with van der Waals surface area (Å²) in [5, 5.41) is 0. The fraction of sp³-hybridized carbons (Fsp3) is 0.636. The molecule has 0 aliphatic carbocycles. The zero-order valence-electron chi connectivity index (χ0n) is 11.4. The van der Waals surface area contributed by atoms with Gasteiger partial charge in [0.1, 0.15) is 16.4 Å². The van der Waals surface area contributed by atoms with Crippen molar-refractivity contribution in [2.75, 3.05) is 18.1 Å². The largest absolute Gasteiger partial charge is 0.464 e. The molecule has 0 bridgehead atoms. The summed E-state index contributed by atoms with van der Waals surface area (Å²) in [4.78, 5) is 0.0593. The van der Waals surface area contributed by atoms with Crippen molar-refractivity contribution in [1.82, 2.24) is 4.31 Å². The first-order chi connectivity index (χ1) is 9.17. The number of hydrogen-bond donors (Lipinski definition) is 1. The maximum atomic E-state index is 12.6. The lowest BCUT2D eigenvalue weighted by Crippen LogP contribution is -2.49. The first-order valence-electron chi connectivity index (χ1n) is 6.19. The van der Waals surface area contributed by atoms with Crippen LogP contribution in [0.25, 0.3) is 0 Å². The van der Waals surface area contributed by atoms with Gasteiger partial charge in [0.25, 0.3) is 0 Å². The second-order valence-corrected chi connectivity index (χ2v) is 9.00. The second kappa shape index (κ2) is 5.14. The summed E-state index contributed by atoms with van der Waals surface area (Å²) >= 11 is 0. The van der Waals surface area contributed by atoms with E-state index in [1.807, 2.05) is 0 Å². The Morgan fingerprint density at radius 3 is 2.65 bits per heavy atom. The first kappa shape index (κ1) is 15.5. The topological polar surface area (TPSA) is 111 Å². The Hall–Kier alpha value is -0.900. The molecule has 1 fully saturated rings. The molecule has 0 spiro atoms. The molecule has 0 radical (unpaired) electrons. The van der Waals surface area contributed by atoms with E-state index in [0.717, 1.165) is 0 Å². The lowest BCUT2D eigenvalue weighted by Gasteiger charge is -2.31. The first-order valence-corrected chi connectivity index (χ1v) is 9.45. The van der Waals surface area contributed by atoms with Crippen LogP contribution >= 0.6 is 0 Å². The highest BCUT2D eigenvalue weighted by atomic mass is 32.2. The predicted molar refractivity (Wildman–Crippen MR) is 73.3 cm³/mol. The molecule has 0 aromatic carbocycles. The van der Waals surface area contributed by atoms with E-state index < -0.39 is 25.9 Å². The summed E-state index contributed by atoms with van der Waals surface area (Å²) in [6.45, 7) is 3.22. The smallest absolute Gasteiger partial charge is 0.246 e. The minimum atomic E-state index is -3.76. The van der Waals surface area contributed by atoms with Crippen LogP contribution in [-0.4, -0.2) is 45.2 Å². The molecule has 1 aliphatic heterocycles. The standard InChI is InChI=1S/C11H18N2O5S2/c1-8-7-19(14,15)4-3-13(8)20(16,17)11-5-10(6-12)18-9(11)2/h5,8H,3-4,6-7,12H2,1-2H3. The van der Waals surface area contributed by atoms with E-state index in [-0.39, 0.29) is 35.3 Å². The van der Waals surface area contributed by atoms with Crippen molar-refractivity contribution in [3.63, 3.8) is 0 Å². The molecule has 2 heterocycles. The van der Waals surface area contributed by atoms with Gasteiger partial charge in [-0.2, -0.15) is 4.31 Å². The summed E-state index contributed by atoms with van der Waals surface area (Å²) in [5.74, 6) is 0.342. The number of sulfone groups is 1. The van der Waals surface area contributed by atoms with Crippen LogP contribution < -0.4 is 5.73 Å². The van der Waals surface area contributed by atoms with Gasteiger partial charge in [0.2, 0.25) is 10.0 Å². The Morgan fingerprint density at radius 1 is 1.50 bits per heavy atom. The van der Waals surface area contributed by atoms with Crippen LogP contribution in [0.3, 0.4) is 0 Å². The van der Waals surface area contributed by atoms with Gasteiger partial charge in [0.15, 0.2) is 9.84 Å². The summed E-state index contributed by atoms with van der Waals surface area (Å²) in [6, 6.07) is 0.815. The van der Waals surface area contributed by atoms with Crippen molar-refractivity contribution in [3.05, 3.63) is 17.6 Å². The van der Waals surface area contributed by atoms with Gasteiger partial charge < -0.3 is 10.2 Å². The van der Waals surface area contributed by atoms with Crippen molar-refractivity contribution >= 4 is 19.9 Å². The minimum Gasteiger partial charge on any atom is -0.464 e. The number of sulfonamides is 1. The summed E-state index contributed by atoms with van der Waals surface area (Å²) < 4.78 is 54.7. The van der Waals surface area contributed by atoms with Gasteiger partial charge in [-0.3, -0.25) is 0 Å². The molecule has 2 N–H and O–H groups in total. The van der Waals surface area contributed by atoms with Gasteiger partial charge >= 0.3 is 0 Å². The highest BCUT2D eigenvalue weighted by Gasteiger charge is 2.38. The quantitative estimate of drug-likeness (QED) is 0.829. The molecule has 1 saturated heterocycles. The molecule has 1 aliphatic rings. The third kappa shape index (κ3) is 2.76. The number of rotatable bonds is 3. The molecule has 0 saturated carbocycles. The van der Waals surface area contributed by atoms with Crippen molar-refractivity contribution in [3.8, 4) is 0 Å². The Kier molecular flexibility index (Phi) is 3.98. The molecule has 9 heteroatoms. The van der Waals surface area contributed by atoms with Crippen LogP contribution in [0.1, 0.15) is 18.4 Å². The van der Waals surface area contributed by atoms with Crippen molar-refractivity contribution < 1.29 is 21.3 Å². The average molecular weight is 322 g/mol. The van der Waals surface area contributed by atoms with Crippen molar-refractivity contribution in [2.45, 2.75) is 31.3 Å². The Labute approximate surface area is 118 Å². The Balaban J connectivity index is 2.38. The van der Waals surface area contributed by atoms with Crippen LogP contribution in [0.2, 0.25) is 0 Å². The average Bonchev–Trinajstić information content (AvgIpc) is 2.69. The molecular weight excluding hydrogens is 304 g/mol. The fourth-order valence-electron chi connectivity index (χ4n) is 2.35. The molecule has 7 nitrogen and oxygen atoms in total. The third-order valence-electron chi connectivity index (χ3n) is 3.32. The van der Waals surface area contributed by atoms with E-state index in [0.29, 0.717) is 5.76 Å². The molecule has 1 atom stereocenters. The van der Waals surface area contributed by atoms with E-state index in [4.69, 9.17) is 10.2 Å². The Bertz CT molecular complexity index is 705. The lowest BCUT2D eigenvalue weighted by atomic mass is 10.4. The molecule has 2 rings (SSSR count). The fourth-order valence-corrected chi connectivity index (χ4v) is 5.93. The van der Waals surface area contributed by atoms with E-state index >= 15 is 0 Å². The SMILES string of the molecule is Cc1oc(CN)cc1S(=O)(=O)N1CCS(=O)(=O)CC1C. The van der Waals surface area contributed by atoms with Crippen molar-refractivity contribution in [2.24, 2.45) is 5.73 Å². The minimum absolute atomic E-state index is 0.0333. The number of hydrogen-bond acceptors (Lipinski definition) is 6. The molecule has 1 unspecified atom stereocenters. The summed E-state index contributed by atoms with van der Waals surface area (Å²) in [5.41, 5.74) is 5.44. The van der Waals surface area contributed by atoms with Crippen LogP contribution in [0, 0.1) is 6.92 Å². The van der Waals surface area contributed by atoms with Crippen LogP contribution in [0.5, 0.6) is 0 Å². The van der Waals surface area contributed by atoms with Gasteiger partial charge in [-0.25, -0.2) is 16.8 Å². The maximum absolute atomic E-state index is 12.6. The monoisotopic (exact) mass is 322 g/mol. The molecular formula is C11H18N2O5S2. The van der Waals surface area contributed by atoms with E-state index in [1.54, 1.807) is 13.8 Å². The zero-order valence-corrected chi connectivity index (χ0v) is 13.0. The van der Waals surface area contributed by atoms with Crippen LogP contribution in [0.4, 0.5) is 0 Å². The summed E-state index contributed by atoms with van der Waals surface area (Å²) in [6.07, 6.45) is 0. The maximum Gasteiger partial charge on any atom is 0.246 e. The molecule has 0 amide bonds. The van der Waals surface area contributed by atoms with Crippen LogP contribution in [-0.2, 0) is 26.4 Å². The van der Waals surface area contributed by atoms with E-state index in [1.165, 1.54) is 10.4 Å². The van der Waals surface area contributed by atoms with Gasteiger partial charge in [-0.15, -0.1) is 0 Å². The number of furan rings is 1. The normalized spacial score (nSPS) is 23.9. The molecule has 1 aromatic heterocycles.